The Hall–Kier alpha value is -2.37. The summed E-state index contributed by atoms with van der Waals surface area (Å²) >= 11 is 0. The van der Waals surface area contributed by atoms with Gasteiger partial charge in [0.15, 0.2) is 6.10 Å². The smallest absolute Gasteiger partial charge is 0.306 e. The molecular formula is C61H112O6. The lowest BCUT2D eigenvalue weighted by Crippen LogP contribution is -2.30. The second-order valence-electron chi connectivity index (χ2n) is 19.9. The second kappa shape index (κ2) is 56.2. The lowest BCUT2D eigenvalue weighted by molar-refractivity contribution is -0.167. The Morgan fingerprint density at radius 1 is 0.299 bits per heavy atom. The van der Waals surface area contributed by atoms with E-state index in [9.17, 15) is 14.4 Å². The zero-order chi connectivity index (χ0) is 48.6. The fourth-order valence-electron chi connectivity index (χ4n) is 8.65. The summed E-state index contributed by atoms with van der Waals surface area (Å²) in [6, 6.07) is 0. The van der Waals surface area contributed by atoms with Gasteiger partial charge in [0.2, 0.25) is 0 Å². The van der Waals surface area contributed by atoms with E-state index < -0.39 is 6.10 Å². The van der Waals surface area contributed by atoms with Crippen LogP contribution >= 0.6 is 0 Å². The maximum atomic E-state index is 12.9. The first-order chi connectivity index (χ1) is 33.0. The topological polar surface area (TPSA) is 78.9 Å². The highest BCUT2D eigenvalue weighted by molar-refractivity contribution is 5.71. The summed E-state index contributed by atoms with van der Waals surface area (Å²) in [6.07, 6.45) is 67.0. The van der Waals surface area contributed by atoms with Crippen molar-refractivity contribution in [2.45, 2.75) is 322 Å². The van der Waals surface area contributed by atoms with Gasteiger partial charge in [-0.15, -0.1) is 0 Å². The molecule has 0 aromatic heterocycles. The monoisotopic (exact) mass is 941 g/mol. The van der Waals surface area contributed by atoms with Gasteiger partial charge in [-0.3, -0.25) is 14.4 Å². The van der Waals surface area contributed by atoms with Gasteiger partial charge in [-0.05, 0) is 77.0 Å². The largest absolute Gasteiger partial charge is 0.462 e. The zero-order valence-corrected chi connectivity index (χ0v) is 44.9. The van der Waals surface area contributed by atoms with Gasteiger partial charge in [-0.1, -0.05) is 256 Å². The van der Waals surface area contributed by atoms with E-state index in [0.717, 1.165) is 77.0 Å². The van der Waals surface area contributed by atoms with Gasteiger partial charge < -0.3 is 14.2 Å². The summed E-state index contributed by atoms with van der Waals surface area (Å²) in [5.74, 6) is -0.873. The van der Waals surface area contributed by atoms with E-state index in [1.165, 1.54) is 199 Å². The average molecular weight is 942 g/mol. The summed E-state index contributed by atoms with van der Waals surface area (Å²) in [4.78, 5) is 38.2. The van der Waals surface area contributed by atoms with E-state index >= 15 is 0 Å². The predicted octanol–water partition coefficient (Wildman–Crippen LogP) is 19.7. The van der Waals surface area contributed by atoms with Gasteiger partial charge in [0.05, 0.1) is 0 Å². The van der Waals surface area contributed by atoms with Crippen molar-refractivity contribution in [3.8, 4) is 0 Å². The molecule has 0 N–H and O–H groups in total. The number of hydrogen-bond donors (Lipinski definition) is 0. The van der Waals surface area contributed by atoms with Crippen molar-refractivity contribution < 1.29 is 28.6 Å². The highest BCUT2D eigenvalue weighted by Gasteiger charge is 2.19. The summed E-state index contributed by atoms with van der Waals surface area (Å²) in [5.41, 5.74) is 0. The highest BCUT2D eigenvalue weighted by Crippen LogP contribution is 2.17. The zero-order valence-electron chi connectivity index (χ0n) is 44.9. The number of unbranched alkanes of at least 4 members (excludes halogenated alkanes) is 37. The normalized spacial score (nSPS) is 12.2. The number of carbonyl (C=O) groups excluding carboxylic acids is 3. The molecule has 392 valence electrons. The summed E-state index contributed by atoms with van der Waals surface area (Å²) in [5, 5.41) is 0. The molecule has 0 aliphatic carbocycles. The molecule has 0 aliphatic heterocycles. The van der Waals surface area contributed by atoms with Crippen molar-refractivity contribution in [1.82, 2.24) is 0 Å². The average Bonchev–Trinajstić information content (AvgIpc) is 3.33. The van der Waals surface area contributed by atoms with Crippen molar-refractivity contribution >= 4 is 17.9 Å². The molecule has 0 rings (SSSR count). The molecular weight excluding hydrogens is 829 g/mol. The molecule has 0 aromatic rings. The van der Waals surface area contributed by atoms with Crippen LogP contribution in [0.2, 0.25) is 0 Å². The SMILES string of the molecule is CCCCC/C=C\C/C=C\CCCCCCCCCC(=O)O[C@H](COC(=O)CCCCCCC/C=C\CCCCCCC)COC(=O)CCCCCCCCCCCCCCCCCCCC. The maximum Gasteiger partial charge on any atom is 0.306 e. The number of hydrogen-bond acceptors (Lipinski definition) is 6. The Labute approximate surface area is 416 Å². The van der Waals surface area contributed by atoms with Crippen LogP contribution in [0.1, 0.15) is 316 Å². The standard InChI is InChI=1S/C61H112O6/c1-4-7-10-13-16-19-22-25-28-30-32-33-36-39-42-45-48-51-54-60(63)66-57-58(56-65-59(62)53-50-47-44-41-38-35-27-24-21-18-15-12-9-6-3)67-61(64)55-52-49-46-43-40-37-34-31-29-26-23-20-17-14-11-8-5-2/h17,20,24,26-27,29,58H,4-16,18-19,21-23,25,28,30-57H2,1-3H3/b20-17-,27-24-,29-26-/t58-/m1/s1. The molecule has 0 unspecified atom stereocenters. The van der Waals surface area contributed by atoms with Gasteiger partial charge in [0, 0.05) is 19.3 Å². The number of ether oxygens (including phenoxy) is 3. The van der Waals surface area contributed by atoms with E-state index in [0.29, 0.717) is 19.3 Å². The summed E-state index contributed by atoms with van der Waals surface area (Å²) in [6.45, 7) is 6.64. The molecule has 0 aromatic carbocycles. The molecule has 0 saturated heterocycles. The Morgan fingerprint density at radius 3 is 0.866 bits per heavy atom. The van der Waals surface area contributed by atoms with E-state index in [2.05, 4.69) is 57.2 Å². The van der Waals surface area contributed by atoms with Crippen LogP contribution < -0.4 is 0 Å². The highest BCUT2D eigenvalue weighted by atomic mass is 16.6. The number of esters is 3. The minimum absolute atomic E-state index is 0.0743. The summed E-state index contributed by atoms with van der Waals surface area (Å²) in [7, 11) is 0. The molecule has 0 radical (unpaired) electrons. The van der Waals surface area contributed by atoms with Crippen molar-refractivity contribution in [2.75, 3.05) is 13.2 Å². The molecule has 1 atom stereocenters. The molecule has 0 saturated carbocycles. The van der Waals surface area contributed by atoms with Crippen LogP contribution in [0.3, 0.4) is 0 Å². The van der Waals surface area contributed by atoms with Crippen molar-refractivity contribution in [3.63, 3.8) is 0 Å². The first-order valence-corrected chi connectivity index (χ1v) is 29.5. The van der Waals surface area contributed by atoms with E-state index in [-0.39, 0.29) is 31.1 Å². The van der Waals surface area contributed by atoms with Gasteiger partial charge in [-0.25, -0.2) is 0 Å². The minimum atomic E-state index is -0.777. The predicted molar refractivity (Wildman–Crippen MR) is 289 cm³/mol. The maximum absolute atomic E-state index is 12.9. The first kappa shape index (κ1) is 64.6. The van der Waals surface area contributed by atoms with Gasteiger partial charge in [0.1, 0.15) is 13.2 Å². The van der Waals surface area contributed by atoms with E-state index in [1.807, 2.05) is 0 Å². The Kier molecular flexibility index (Phi) is 54.2. The quantitative estimate of drug-likeness (QED) is 0.0262. The molecule has 6 nitrogen and oxygen atoms in total. The molecule has 6 heteroatoms. The van der Waals surface area contributed by atoms with Crippen molar-refractivity contribution in [3.05, 3.63) is 36.5 Å². The van der Waals surface area contributed by atoms with Crippen LogP contribution in [0.25, 0.3) is 0 Å². The van der Waals surface area contributed by atoms with Crippen molar-refractivity contribution in [2.24, 2.45) is 0 Å². The number of carbonyl (C=O) groups is 3. The molecule has 0 amide bonds. The first-order valence-electron chi connectivity index (χ1n) is 29.5. The molecule has 0 fully saturated rings. The molecule has 0 heterocycles. The Bertz CT molecular complexity index is 1130. The summed E-state index contributed by atoms with van der Waals surface area (Å²) < 4.78 is 16.9. The third kappa shape index (κ3) is 54.4. The number of rotatable bonds is 54. The third-order valence-electron chi connectivity index (χ3n) is 13.1. The van der Waals surface area contributed by atoms with Crippen LogP contribution in [-0.2, 0) is 28.6 Å². The lowest BCUT2D eigenvalue weighted by Gasteiger charge is -2.18. The fraction of sp³-hybridized carbons (Fsp3) is 0.852. The van der Waals surface area contributed by atoms with Crippen LogP contribution in [0, 0.1) is 0 Å². The fourth-order valence-corrected chi connectivity index (χ4v) is 8.65. The van der Waals surface area contributed by atoms with E-state index in [1.54, 1.807) is 0 Å². The second-order valence-corrected chi connectivity index (χ2v) is 19.9. The van der Waals surface area contributed by atoms with Crippen LogP contribution in [0.15, 0.2) is 36.5 Å². The third-order valence-corrected chi connectivity index (χ3v) is 13.1. The van der Waals surface area contributed by atoms with Crippen LogP contribution in [-0.4, -0.2) is 37.2 Å². The Morgan fingerprint density at radius 2 is 0.537 bits per heavy atom. The molecule has 0 spiro atoms. The van der Waals surface area contributed by atoms with E-state index in [4.69, 9.17) is 14.2 Å². The lowest BCUT2D eigenvalue weighted by atomic mass is 10.0. The van der Waals surface area contributed by atoms with Crippen molar-refractivity contribution in [1.29, 1.82) is 0 Å². The number of allylic oxidation sites excluding steroid dienone is 6. The molecule has 0 bridgehead atoms. The Balaban J connectivity index is 4.35. The van der Waals surface area contributed by atoms with Gasteiger partial charge in [-0.2, -0.15) is 0 Å². The van der Waals surface area contributed by atoms with Crippen LogP contribution in [0.4, 0.5) is 0 Å². The minimum Gasteiger partial charge on any atom is -0.462 e. The van der Waals surface area contributed by atoms with Gasteiger partial charge in [0.25, 0.3) is 0 Å². The molecule has 0 aliphatic rings. The van der Waals surface area contributed by atoms with Gasteiger partial charge >= 0.3 is 17.9 Å². The van der Waals surface area contributed by atoms with Crippen LogP contribution in [0.5, 0.6) is 0 Å². The molecule has 67 heavy (non-hydrogen) atoms.